The van der Waals surface area contributed by atoms with Gasteiger partial charge in [-0.15, -0.1) is 0 Å². The molecule has 5 nitrogen and oxygen atoms in total. The van der Waals surface area contributed by atoms with E-state index in [-0.39, 0.29) is 13.3 Å². The van der Waals surface area contributed by atoms with Crippen LogP contribution in [0.3, 0.4) is 0 Å². The van der Waals surface area contributed by atoms with E-state index in [1.807, 2.05) is 56.3 Å². The number of benzene rings is 2. The normalized spacial score (nSPS) is 13.5. The monoisotopic (exact) mass is 482 g/mol. The topological polar surface area (TPSA) is 42.0 Å². The Morgan fingerprint density at radius 3 is 1.69 bits per heavy atom. The Morgan fingerprint density at radius 1 is 0.857 bits per heavy atom. The van der Waals surface area contributed by atoms with Gasteiger partial charge in [-0.05, 0) is 87.3 Å². The van der Waals surface area contributed by atoms with Gasteiger partial charge in [0.25, 0.3) is 0 Å². The molecule has 0 bridgehead atoms. The van der Waals surface area contributed by atoms with E-state index in [0.717, 1.165) is 29.2 Å². The van der Waals surface area contributed by atoms with Crippen LogP contribution in [0, 0.1) is 11.8 Å². The fraction of sp³-hybridized carbons (Fsp3) is 0.433. The van der Waals surface area contributed by atoms with Gasteiger partial charge in [-0.3, -0.25) is 4.79 Å². The summed E-state index contributed by atoms with van der Waals surface area (Å²) in [6, 6.07) is 16.0. The zero-order valence-electron chi connectivity index (χ0n) is 23.3. The summed E-state index contributed by atoms with van der Waals surface area (Å²) in [6.45, 7) is 9.29. The van der Waals surface area contributed by atoms with E-state index in [0.29, 0.717) is 5.92 Å². The molecule has 35 heavy (non-hydrogen) atoms. The molecule has 1 amide bonds. The molecule has 0 fully saturated rings. The van der Waals surface area contributed by atoms with Gasteiger partial charge in [0.15, 0.2) is 0 Å². The molecule has 194 valence electrons. The van der Waals surface area contributed by atoms with Crippen LogP contribution in [0.4, 0.5) is 0 Å². The molecule has 2 rings (SSSR count). The van der Waals surface area contributed by atoms with Crippen molar-refractivity contribution in [2.24, 2.45) is 11.8 Å². The molecule has 0 N–H and O–H groups in total. The van der Waals surface area contributed by atoms with Crippen molar-refractivity contribution in [3.8, 4) is 11.5 Å². The predicted molar refractivity (Wildman–Crippen MR) is 151 cm³/mol. The van der Waals surface area contributed by atoms with Crippen molar-refractivity contribution < 1.29 is 15.7 Å². The summed E-state index contributed by atoms with van der Waals surface area (Å²) < 4.78 is 10.5. The minimum absolute atomic E-state index is 0. The number of allylic oxidation sites excluding steroid dienone is 2. The summed E-state index contributed by atoms with van der Waals surface area (Å²) in [5.41, 5.74) is 4.67. The van der Waals surface area contributed by atoms with Crippen molar-refractivity contribution in [1.29, 1.82) is 0 Å². The molecule has 0 spiro atoms. The van der Waals surface area contributed by atoms with Crippen LogP contribution in [0.2, 0.25) is 0 Å². The molecule has 2 atom stereocenters. The average Bonchev–Trinajstić information content (AvgIpc) is 2.84. The standard InChI is InChI=1S/C15H21NO2.C15H23NO.H2/c1-6-14(11(2)15(17)16(3)4)12-8-7-9-13(10-12)18-5;1-6-15(12(2)11-16(3)4)13-8-7-9-14(10-13)17-5;/h6-11H,1-5H3;6-10,12H,11H2,1-5H3;1H/b14-6+;15-6+;. The zero-order chi connectivity index (χ0) is 26.5. The molecule has 0 saturated heterocycles. The highest BCUT2D eigenvalue weighted by atomic mass is 16.5. The minimum atomic E-state index is -0.155. The first kappa shape index (κ1) is 30.0. The first-order valence-corrected chi connectivity index (χ1v) is 12.1. The molecule has 0 heterocycles. The predicted octanol–water partition coefficient (Wildman–Crippen LogP) is 6.37. The van der Waals surface area contributed by atoms with Gasteiger partial charge in [0.2, 0.25) is 5.91 Å². The maximum absolute atomic E-state index is 12.0. The Kier molecular flexibility index (Phi) is 12.9. The molecule has 0 saturated carbocycles. The van der Waals surface area contributed by atoms with Gasteiger partial charge in [-0.1, -0.05) is 43.3 Å². The molecule has 2 aromatic carbocycles. The Labute approximate surface area is 214 Å². The van der Waals surface area contributed by atoms with Crippen LogP contribution < -0.4 is 9.47 Å². The summed E-state index contributed by atoms with van der Waals surface area (Å²) in [6.07, 6.45) is 4.18. The van der Waals surface area contributed by atoms with Crippen LogP contribution >= 0.6 is 0 Å². The van der Waals surface area contributed by atoms with Gasteiger partial charge >= 0.3 is 0 Å². The lowest BCUT2D eigenvalue weighted by molar-refractivity contribution is -0.130. The van der Waals surface area contributed by atoms with Crippen molar-refractivity contribution in [3.63, 3.8) is 0 Å². The Bertz CT molecular complexity index is 999. The van der Waals surface area contributed by atoms with Crippen LogP contribution in [0.5, 0.6) is 11.5 Å². The van der Waals surface area contributed by atoms with Gasteiger partial charge in [0, 0.05) is 22.1 Å². The summed E-state index contributed by atoms with van der Waals surface area (Å²) in [5.74, 6) is 2.18. The number of rotatable bonds is 9. The van der Waals surface area contributed by atoms with Gasteiger partial charge in [0.05, 0.1) is 20.1 Å². The van der Waals surface area contributed by atoms with Crippen molar-refractivity contribution in [2.45, 2.75) is 27.7 Å². The molecule has 0 aliphatic rings. The van der Waals surface area contributed by atoms with Crippen molar-refractivity contribution in [2.75, 3.05) is 49.0 Å². The second-order valence-electron chi connectivity index (χ2n) is 9.07. The quantitative estimate of drug-likeness (QED) is 0.417. The highest BCUT2D eigenvalue weighted by Gasteiger charge is 2.20. The fourth-order valence-corrected chi connectivity index (χ4v) is 4.17. The van der Waals surface area contributed by atoms with E-state index < -0.39 is 0 Å². The van der Waals surface area contributed by atoms with Gasteiger partial charge in [-0.25, -0.2) is 0 Å². The Balaban J connectivity index is 0.000000663. The van der Waals surface area contributed by atoms with E-state index in [1.165, 1.54) is 11.1 Å². The molecule has 0 radical (unpaired) electrons. The molecule has 0 aliphatic carbocycles. The maximum atomic E-state index is 12.0. The molecular weight excluding hydrogens is 436 g/mol. The number of carbonyl (C=O) groups excluding carboxylic acids is 1. The van der Waals surface area contributed by atoms with Crippen LogP contribution in [0.15, 0.2) is 60.7 Å². The number of carbonyl (C=O) groups is 1. The van der Waals surface area contributed by atoms with E-state index in [1.54, 1.807) is 33.2 Å². The highest BCUT2D eigenvalue weighted by molar-refractivity contribution is 5.91. The highest BCUT2D eigenvalue weighted by Crippen LogP contribution is 2.28. The summed E-state index contributed by atoms with van der Waals surface area (Å²) in [5, 5.41) is 0. The second-order valence-corrected chi connectivity index (χ2v) is 9.07. The lowest BCUT2D eigenvalue weighted by atomic mass is 9.92. The molecular formula is C30H46N2O3. The zero-order valence-corrected chi connectivity index (χ0v) is 23.3. The van der Waals surface area contributed by atoms with Crippen molar-refractivity contribution >= 4 is 17.1 Å². The van der Waals surface area contributed by atoms with Crippen LogP contribution in [-0.4, -0.2) is 64.7 Å². The molecule has 5 heteroatoms. The molecule has 0 aromatic heterocycles. The van der Waals surface area contributed by atoms with Gasteiger partial charge in [-0.2, -0.15) is 0 Å². The first-order chi connectivity index (χ1) is 16.6. The summed E-state index contributed by atoms with van der Waals surface area (Å²) in [7, 11) is 11.1. The third kappa shape index (κ3) is 9.25. The molecule has 0 aliphatic heterocycles. The summed E-state index contributed by atoms with van der Waals surface area (Å²) in [4.78, 5) is 15.9. The number of amides is 1. The average molecular weight is 483 g/mol. The van der Waals surface area contributed by atoms with Crippen LogP contribution in [-0.2, 0) is 4.79 Å². The number of hydrogen-bond donors (Lipinski definition) is 0. The third-order valence-electron chi connectivity index (χ3n) is 5.88. The minimum Gasteiger partial charge on any atom is -0.497 e. The molecule has 2 aromatic rings. The van der Waals surface area contributed by atoms with Crippen molar-refractivity contribution in [3.05, 3.63) is 71.8 Å². The maximum Gasteiger partial charge on any atom is 0.229 e. The van der Waals surface area contributed by atoms with Crippen LogP contribution in [0.25, 0.3) is 11.1 Å². The Hall–Kier alpha value is -3.05. The van der Waals surface area contributed by atoms with Crippen LogP contribution in [0.1, 0.15) is 40.2 Å². The Morgan fingerprint density at radius 2 is 1.31 bits per heavy atom. The fourth-order valence-electron chi connectivity index (χ4n) is 4.17. The largest absolute Gasteiger partial charge is 0.497 e. The third-order valence-corrected chi connectivity index (χ3v) is 5.88. The number of methoxy groups -OCH3 is 2. The summed E-state index contributed by atoms with van der Waals surface area (Å²) >= 11 is 0. The SMILES string of the molecule is C/C=C(/c1cccc(OC)c1)C(C)C(=O)N(C)C.C/C=C(/c1cccc(OC)c1)C(C)CN(C)C.[HH]. The lowest BCUT2D eigenvalue weighted by Gasteiger charge is -2.20. The molecule has 2 unspecified atom stereocenters. The van der Waals surface area contributed by atoms with Crippen molar-refractivity contribution in [1.82, 2.24) is 9.80 Å². The van der Waals surface area contributed by atoms with Gasteiger partial charge in [0.1, 0.15) is 11.5 Å². The lowest BCUT2D eigenvalue weighted by Crippen LogP contribution is -2.28. The van der Waals surface area contributed by atoms with E-state index in [2.05, 4.69) is 51.1 Å². The van der Waals surface area contributed by atoms with Gasteiger partial charge < -0.3 is 19.3 Å². The number of nitrogens with zero attached hydrogens (tertiary/aromatic N) is 2. The smallest absolute Gasteiger partial charge is 0.229 e. The van der Waals surface area contributed by atoms with E-state index >= 15 is 0 Å². The number of ether oxygens (including phenoxy) is 2. The first-order valence-electron chi connectivity index (χ1n) is 12.1. The van der Waals surface area contributed by atoms with E-state index in [9.17, 15) is 4.79 Å². The number of hydrogen-bond acceptors (Lipinski definition) is 4. The second kappa shape index (κ2) is 15.0. The van der Waals surface area contributed by atoms with E-state index in [4.69, 9.17) is 9.47 Å².